The van der Waals surface area contributed by atoms with E-state index in [1.807, 2.05) is 18.7 Å². The maximum absolute atomic E-state index is 12.3. The van der Waals surface area contributed by atoms with E-state index < -0.39 is 0 Å². The normalized spacial score (nSPS) is 19.0. The third kappa shape index (κ3) is 5.58. The lowest BCUT2D eigenvalue weighted by Gasteiger charge is -2.21. The third-order valence-corrected chi connectivity index (χ3v) is 4.39. The summed E-state index contributed by atoms with van der Waals surface area (Å²) in [5.41, 5.74) is 0.659. The highest BCUT2D eigenvalue weighted by atomic mass is 32.2. The zero-order valence-corrected chi connectivity index (χ0v) is 14.3. The van der Waals surface area contributed by atoms with Gasteiger partial charge < -0.3 is 10.2 Å². The van der Waals surface area contributed by atoms with Crippen LogP contribution in [0.5, 0.6) is 0 Å². The van der Waals surface area contributed by atoms with E-state index in [4.69, 9.17) is 0 Å². The number of thioether (sulfide) groups is 1. The Morgan fingerprint density at radius 3 is 2.67 bits per heavy atom. The molecule has 0 spiro atoms. The average molecular weight is 310 g/mol. The molecule has 2 amide bonds. The Labute approximate surface area is 132 Å². The van der Waals surface area contributed by atoms with Crippen molar-refractivity contribution in [2.24, 2.45) is 5.92 Å². The van der Waals surface area contributed by atoms with Gasteiger partial charge in [0.15, 0.2) is 0 Å². The van der Waals surface area contributed by atoms with Crippen LogP contribution in [-0.4, -0.2) is 35.8 Å². The number of nitrogens with one attached hydrogen (secondary N) is 1. The quantitative estimate of drug-likeness (QED) is 0.767. The summed E-state index contributed by atoms with van der Waals surface area (Å²) >= 11 is 1.22. The molecule has 1 N–H and O–H groups in total. The maximum Gasteiger partial charge on any atom is 0.257 e. The van der Waals surface area contributed by atoms with Gasteiger partial charge in [-0.15, -0.1) is 0 Å². The van der Waals surface area contributed by atoms with Crippen molar-refractivity contribution in [1.82, 2.24) is 10.2 Å². The molecule has 0 aromatic carbocycles. The Kier molecular flexibility index (Phi) is 7.02. The molecule has 21 heavy (non-hydrogen) atoms. The second kappa shape index (κ2) is 8.27. The molecule has 0 aromatic heterocycles. The van der Waals surface area contributed by atoms with Crippen LogP contribution in [0.15, 0.2) is 22.5 Å². The van der Waals surface area contributed by atoms with E-state index in [1.165, 1.54) is 11.8 Å². The van der Waals surface area contributed by atoms with Crippen molar-refractivity contribution >= 4 is 23.6 Å². The van der Waals surface area contributed by atoms with Gasteiger partial charge in [0.25, 0.3) is 5.91 Å². The molecular formula is C16H26N2O2S. The predicted octanol–water partition coefficient (Wildman–Crippen LogP) is 2.92. The molecule has 1 unspecified atom stereocenters. The molecule has 0 aromatic rings. The number of hydrogen-bond acceptors (Lipinski definition) is 3. The highest BCUT2D eigenvalue weighted by molar-refractivity contribution is 8.06. The summed E-state index contributed by atoms with van der Waals surface area (Å²) < 4.78 is 0. The van der Waals surface area contributed by atoms with Crippen molar-refractivity contribution in [2.75, 3.05) is 13.1 Å². The summed E-state index contributed by atoms with van der Waals surface area (Å²) in [6.07, 6.45) is 2.13. The van der Waals surface area contributed by atoms with Gasteiger partial charge in [0.05, 0.1) is 4.91 Å². The smallest absolute Gasteiger partial charge is 0.257 e. The first-order chi connectivity index (χ1) is 9.82. The number of nitrogens with zero attached hydrogens (tertiary/aromatic N) is 1. The minimum Gasteiger partial charge on any atom is -0.351 e. The first kappa shape index (κ1) is 17.8. The Bertz CT molecular complexity index is 444. The van der Waals surface area contributed by atoms with Crippen LogP contribution in [0, 0.1) is 5.92 Å². The van der Waals surface area contributed by atoms with Crippen LogP contribution in [0.1, 0.15) is 40.5 Å². The van der Waals surface area contributed by atoms with Crippen molar-refractivity contribution in [1.29, 1.82) is 0 Å². The Hall–Kier alpha value is -1.23. The molecule has 1 heterocycles. The molecule has 118 valence electrons. The lowest BCUT2D eigenvalue weighted by Crippen LogP contribution is -2.34. The standard InChI is InChI=1S/C16H26N2O2S/c1-11(2)9-17-15(19)14(5)21-10-12(3)16(20)18-8-6-7-13(18)4/h10-11,13H,5-9H2,1-4H3,(H,17,19)/b12-10+. The summed E-state index contributed by atoms with van der Waals surface area (Å²) in [5.74, 6) is 0.296. The lowest BCUT2D eigenvalue weighted by atomic mass is 10.2. The first-order valence-corrected chi connectivity index (χ1v) is 8.32. The number of likely N-dealkylation sites (tertiary alicyclic amines) is 1. The highest BCUT2D eigenvalue weighted by Crippen LogP contribution is 2.22. The van der Waals surface area contributed by atoms with E-state index in [9.17, 15) is 9.59 Å². The minimum absolute atomic E-state index is 0.0582. The highest BCUT2D eigenvalue weighted by Gasteiger charge is 2.25. The van der Waals surface area contributed by atoms with Gasteiger partial charge in [-0.3, -0.25) is 9.59 Å². The summed E-state index contributed by atoms with van der Waals surface area (Å²) in [5, 5.41) is 4.54. The fraction of sp³-hybridized carbons (Fsp3) is 0.625. The minimum atomic E-state index is -0.167. The molecule has 4 nitrogen and oxygen atoms in total. The van der Waals surface area contributed by atoms with E-state index in [-0.39, 0.29) is 11.8 Å². The van der Waals surface area contributed by atoms with Crippen molar-refractivity contribution in [2.45, 2.75) is 46.6 Å². The van der Waals surface area contributed by atoms with Crippen molar-refractivity contribution < 1.29 is 9.59 Å². The molecule has 1 aliphatic heterocycles. The SMILES string of the molecule is C=C(S/C=C(\C)C(=O)N1CCCC1C)C(=O)NCC(C)C. The van der Waals surface area contributed by atoms with E-state index in [0.717, 1.165) is 19.4 Å². The molecule has 1 saturated heterocycles. The molecule has 1 rings (SSSR count). The zero-order valence-electron chi connectivity index (χ0n) is 13.4. The molecule has 1 fully saturated rings. The lowest BCUT2D eigenvalue weighted by molar-refractivity contribution is -0.127. The number of carbonyl (C=O) groups excluding carboxylic acids is 2. The Morgan fingerprint density at radius 2 is 2.14 bits per heavy atom. The molecule has 0 bridgehead atoms. The van der Waals surface area contributed by atoms with Crippen LogP contribution < -0.4 is 5.32 Å². The first-order valence-electron chi connectivity index (χ1n) is 7.44. The molecule has 0 aliphatic carbocycles. The van der Waals surface area contributed by atoms with Gasteiger partial charge in [0, 0.05) is 24.7 Å². The van der Waals surface area contributed by atoms with Crippen molar-refractivity contribution in [3.8, 4) is 0 Å². The average Bonchev–Trinajstić information content (AvgIpc) is 2.86. The third-order valence-electron chi connectivity index (χ3n) is 3.45. The Balaban J connectivity index is 2.49. The number of rotatable bonds is 6. The Morgan fingerprint density at radius 1 is 1.48 bits per heavy atom. The van der Waals surface area contributed by atoms with Crippen LogP contribution in [0.25, 0.3) is 0 Å². The summed E-state index contributed by atoms with van der Waals surface area (Å²) in [6, 6.07) is 0.309. The van der Waals surface area contributed by atoms with Crippen LogP contribution in [0.4, 0.5) is 0 Å². The molecule has 1 atom stereocenters. The summed E-state index contributed by atoms with van der Waals surface area (Å²) in [6.45, 7) is 13.2. The fourth-order valence-electron chi connectivity index (χ4n) is 2.12. The largest absolute Gasteiger partial charge is 0.351 e. The van der Waals surface area contributed by atoms with E-state index in [1.54, 1.807) is 12.3 Å². The molecule has 5 heteroatoms. The van der Waals surface area contributed by atoms with Crippen LogP contribution >= 0.6 is 11.8 Å². The summed E-state index contributed by atoms with van der Waals surface area (Å²) in [4.78, 5) is 26.4. The van der Waals surface area contributed by atoms with E-state index in [2.05, 4.69) is 18.8 Å². The fourth-order valence-corrected chi connectivity index (χ4v) is 2.72. The van der Waals surface area contributed by atoms with Gasteiger partial charge in [-0.1, -0.05) is 32.2 Å². The topological polar surface area (TPSA) is 49.4 Å². The monoisotopic (exact) mass is 310 g/mol. The van der Waals surface area contributed by atoms with Crippen LogP contribution in [0.3, 0.4) is 0 Å². The van der Waals surface area contributed by atoms with Crippen molar-refractivity contribution in [3.63, 3.8) is 0 Å². The number of hydrogen-bond donors (Lipinski definition) is 1. The van der Waals surface area contributed by atoms with Gasteiger partial charge in [-0.25, -0.2) is 0 Å². The van der Waals surface area contributed by atoms with Gasteiger partial charge in [0.2, 0.25) is 5.91 Å². The van der Waals surface area contributed by atoms with Gasteiger partial charge in [0.1, 0.15) is 0 Å². The van der Waals surface area contributed by atoms with Crippen molar-refractivity contribution in [3.05, 3.63) is 22.5 Å². The van der Waals surface area contributed by atoms with Gasteiger partial charge in [-0.2, -0.15) is 0 Å². The van der Waals surface area contributed by atoms with Gasteiger partial charge >= 0.3 is 0 Å². The summed E-state index contributed by atoms with van der Waals surface area (Å²) in [7, 11) is 0. The number of carbonyl (C=O) groups is 2. The molecule has 0 saturated carbocycles. The van der Waals surface area contributed by atoms with Crippen LogP contribution in [0.2, 0.25) is 0 Å². The maximum atomic E-state index is 12.3. The van der Waals surface area contributed by atoms with Crippen LogP contribution in [-0.2, 0) is 9.59 Å². The molecule has 1 aliphatic rings. The zero-order chi connectivity index (χ0) is 16.0. The molecule has 0 radical (unpaired) electrons. The van der Waals surface area contributed by atoms with E-state index in [0.29, 0.717) is 29.0 Å². The molecular weight excluding hydrogens is 284 g/mol. The second-order valence-corrected chi connectivity index (χ2v) is 6.90. The van der Waals surface area contributed by atoms with Gasteiger partial charge in [-0.05, 0) is 38.0 Å². The van der Waals surface area contributed by atoms with E-state index >= 15 is 0 Å². The second-order valence-electron chi connectivity index (χ2n) is 5.94. The predicted molar refractivity (Wildman–Crippen MR) is 88.7 cm³/mol. The number of amides is 2.